The van der Waals surface area contributed by atoms with Crippen molar-refractivity contribution in [3.63, 3.8) is 0 Å². The number of hydrogen-bond donors (Lipinski definition) is 0. The molecule has 0 spiro atoms. The second kappa shape index (κ2) is 7.36. The Morgan fingerprint density at radius 3 is 2.54 bits per heavy atom. The van der Waals surface area contributed by atoms with Gasteiger partial charge in [-0.2, -0.15) is 0 Å². The number of fused-ring (bicyclic) bond motifs is 1. The number of unbranched alkanes of at least 4 members (excludes halogenated alkanes) is 1. The van der Waals surface area contributed by atoms with Crippen LogP contribution < -0.4 is 9.64 Å². The summed E-state index contributed by atoms with van der Waals surface area (Å²) in [6.07, 6.45) is 1.49. The Morgan fingerprint density at radius 2 is 1.79 bits per heavy atom. The highest BCUT2D eigenvalue weighted by Gasteiger charge is 2.36. The van der Waals surface area contributed by atoms with Crippen LogP contribution in [0.25, 0.3) is 0 Å². The van der Waals surface area contributed by atoms with E-state index in [1.165, 1.54) is 4.90 Å². The molecule has 0 aromatic heterocycles. The quantitative estimate of drug-likeness (QED) is 0.522. The van der Waals surface area contributed by atoms with Gasteiger partial charge in [-0.15, -0.1) is 0 Å². The number of carbonyl (C=O) groups is 2. The van der Waals surface area contributed by atoms with E-state index >= 15 is 0 Å². The van der Waals surface area contributed by atoms with Crippen molar-refractivity contribution < 1.29 is 14.3 Å². The molecular formula is C18H15BrClNO3. The normalized spacial score (nSPS) is 13.3. The number of ketones is 1. The van der Waals surface area contributed by atoms with Crippen LogP contribution in [0.15, 0.2) is 46.9 Å². The van der Waals surface area contributed by atoms with Crippen LogP contribution >= 0.6 is 27.5 Å². The van der Waals surface area contributed by atoms with E-state index in [2.05, 4.69) is 15.9 Å². The van der Waals surface area contributed by atoms with Crippen molar-refractivity contribution in [1.29, 1.82) is 0 Å². The van der Waals surface area contributed by atoms with Crippen molar-refractivity contribution in [2.24, 2.45) is 0 Å². The average Bonchev–Trinajstić information content (AvgIpc) is 2.82. The molecule has 0 atom stereocenters. The van der Waals surface area contributed by atoms with Crippen LogP contribution in [0.1, 0.15) is 23.2 Å². The van der Waals surface area contributed by atoms with Crippen molar-refractivity contribution in [1.82, 2.24) is 0 Å². The molecule has 0 saturated carbocycles. The molecule has 24 heavy (non-hydrogen) atoms. The lowest BCUT2D eigenvalue weighted by Crippen LogP contribution is -2.31. The summed E-state index contributed by atoms with van der Waals surface area (Å²) in [7, 11) is 0. The molecule has 0 bridgehead atoms. The van der Waals surface area contributed by atoms with Crippen LogP contribution in [0.3, 0.4) is 0 Å². The zero-order chi connectivity index (χ0) is 17.1. The summed E-state index contributed by atoms with van der Waals surface area (Å²) < 4.78 is 6.65. The van der Waals surface area contributed by atoms with Crippen molar-refractivity contribution >= 4 is 44.9 Å². The van der Waals surface area contributed by atoms with Gasteiger partial charge in [0.1, 0.15) is 5.75 Å². The summed E-state index contributed by atoms with van der Waals surface area (Å²) in [5.74, 6) is -0.190. The predicted molar refractivity (Wildman–Crippen MR) is 97.0 cm³/mol. The number of Topliss-reactive ketones (excluding diaryl/α,β-unsaturated/α-hetero) is 1. The van der Waals surface area contributed by atoms with Gasteiger partial charge < -0.3 is 9.64 Å². The molecule has 4 nitrogen and oxygen atoms in total. The maximum absolute atomic E-state index is 12.1. The van der Waals surface area contributed by atoms with E-state index in [0.29, 0.717) is 29.4 Å². The summed E-state index contributed by atoms with van der Waals surface area (Å²) >= 11 is 9.53. The molecule has 124 valence electrons. The summed E-state index contributed by atoms with van der Waals surface area (Å²) in [4.78, 5) is 25.6. The Bertz CT molecular complexity index is 776. The van der Waals surface area contributed by atoms with Crippen LogP contribution in [-0.4, -0.2) is 24.8 Å². The number of benzene rings is 2. The van der Waals surface area contributed by atoms with E-state index in [1.807, 2.05) is 24.3 Å². The van der Waals surface area contributed by atoms with Gasteiger partial charge >= 0.3 is 0 Å². The monoisotopic (exact) mass is 407 g/mol. The molecule has 2 aromatic carbocycles. The van der Waals surface area contributed by atoms with Gasteiger partial charge in [0.15, 0.2) is 0 Å². The lowest BCUT2D eigenvalue weighted by atomic mass is 10.1. The number of carbonyl (C=O) groups excluding carboxylic acids is 2. The van der Waals surface area contributed by atoms with Gasteiger partial charge in [-0.3, -0.25) is 9.59 Å². The first-order valence-electron chi connectivity index (χ1n) is 7.61. The first-order chi connectivity index (χ1) is 11.6. The molecule has 1 aliphatic rings. The van der Waals surface area contributed by atoms with E-state index in [-0.39, 0.29) is 0 Å². The summed E-state index contributed by atoms with van der Waals surface area (Å²) in [5.41, 5.74) is 0.918. The van der Waals surface area contributed by atoms with Gasteiger partial charge in [-0.1, -0.05) is 33.6 Å². The molecule has 1 amide bonds. The van der Waals surface area contributed by atoms with Gasteiger partial charge in [-0.05, 0) is 49.2 Å². The Hall–Kier alpha value is -1.85. The maximum Gasteiger partial charge on any atom is 0.299 e. The molecule has 0 fully saturated rings. The first kappa shape index (κ1) is 17.0. The van der Waals surface area contributed by atoms with Gasteiger partial charge in [-0.25, -0.2) is 0 Å². The fourth-order valence-corrected chi connectivity index (χ4v) is 3.16. The third-order valence-electron chi connectivity index (χ3n) is 3.80. The fraction of sp³-hybridized carbons (Fsp3) is 0.222. The number of ether oxygens (including phenoxy) is 1. The molecule has 0 N–H and O–H groups in total. The standard InChI is InChI=1S/C18H15BrClNO3/c19-12-6-8-13(9-7-12)24-11-2-1-10-21-16-14(17(22)18(21)23)4-3-5-15(16)20/h3-9H,1-2,10-11H2. The van der Waals surface area contributed by atoms with E-state index in [4.69, 9.17) is 16.3 Å². The second-order valence-corrected chi connectivity index (χ2v) is 6.75. The van der Waals surface area contributed by atoms with E-state index in [9.17, 15) is 9.59 Å². The molecular weight excluding hydrogens is 394 g/mol. The van der Waals surface area contributed by atoms with Crippen molar-refractivity contribution in [3.05, 3.63) is 57.5 Å². The maximum atomic E-state index is 12.1. The smallest absolute Gasteiger partial charge is 0.299 e. The van der Waals surface area contributed by atoms with Gasteiger partial charge in [0.2, 0.25) is 0 Å². The summed E-state index contributed by atoms with van der Waals surface area (Å²) in [6.45, 7) is 0.998. The molecule has 0 radical (unpaired) electrons. The SMILES string of the molecule is O=C1C(=O)N(CCCCOc2ccc(Br)cc2)c2c(Cl)cccc21. The van der Waals surface area contributed by atoms with Crippen molar-refractivity contribution in [2.75, 3.05) is 18.1 Å². The molecule has 1 aliphatic heterocycles. The Balaban J connectivity index is 1.53. The van der Waals surface area contributed by atoms with Gasteiger partial charge in [0.25, 0.3) is 11.7 Å². The third-order valence-corrected chi connectivity index (χ3v) is 4.63. The number of rotatable bonds is 6. The number of anilines is 1. The minimum Gasteiger partial charge on any atom is -0.494 e. The molecule has 0 aliphatic carbocycles. The zero-order valence-electron chi connectivity index (χ0n) is 12.8. The Labute approximate surface area is 153 Å². The van der Waals surface area contributed by atoms with Crippen LogP contribution in [0.5, 0.6) is 5.75 Å². The van der Waals surface area contributed by atoms with E-state index < -0.39 is 11.7 Å². The molecule has 0 saturated heterocycles. The highest BCUT2D eigenvalue weighted by molar-refractivity contribution is 9.10. The highest BCUT2D eigenvalue weighted by atomic mass is 79.9. The average molecular weight is 409 g/mol. The number of amides is 1. The minimum atomic E-state index is -0.507. The topological polar surface area (TPSA) is 46.6 Å². The number of nitrogens with zero attached hydrogens (tertiary/aromatic N) is 1. The van der Waals surface area contributed by atoms with E-state index in [1.54, 1.807) is 18.2 Å². The first-order valence-corrected chi connectivity index (χ1v) is 8.78. The van der Waals surface area contributed by atoms with Crippen molar-refractivity contribution in [2.45, 2.75) is 12.8 Å². The highest BCUT2D eigenvalue weighted by Crippen LogP contribution is 2.35. The van der Waals surface area contributed by atoms with Crippen molar-refractivity contribution in [3.8, 4) is 5.75 Å². The Kier molecular flexibility index (Phi) is 5.21. The van der Waals surface area contributed by atoms with Crippen LogP contribution in [-0.2, 0) is 4.79 Å². The summed E-state index contributed by atoms with van der Waals surface area (Å²) in [5, 5.41) is 0.429. The molecule has 3 rings (SSSR count). The minimum absolute atomic E-state index is 0.388. The number of hydrogen-bond acceptors (Lipinski definition) is 3. The molecule has 2 aromatic rings. The van der Waals surface area contributed by atoms with Gasteiger partial charge in [0.05, 0.1) is 22.9 Å². The largest absolute Gasteiger partial charge is 0.494 e. The Morgan fingerprint density at radius 1 is 1.04 bits per heavy atom. The molecule has 0 unspecified atom stereocenters. The predicted octanol–water partition coefficient (Wildman–Crippen LogP) is 4.49. The number of halogens is 2. The lowest BCUT2D eigenvalue weighted by Gasteiger charge is -2.17. The number of para-hydroxylation sites is 1. The second-order valence-electron chi connectivity index (χ2n) is 5.43. The fourth-order valence-electron chi connectivity index (χ4n) is 2.62. The van der Waals surface area contributed by atoms with Crippen LogP contribution in [0.2, 0.25) is 5.02 Å². The van der Waals surface area contributed by atoms with Crippen LogP contribution in [0, 0.1) is 0 Å². The van der Waals surface area contributed by atoms with Crippen LogP contribution in [0.4, 0.5) is 5.69 Å². The zero-order valence-corrected chi connectivity index (χ0v) is 15.1. The molecule has 6 heteroatoms. The third kappa shape index (κ3) is 3.47. The van der Waals surface area contributed by atoms with Gasteiger partial charge in [0, 0.05) is 11.0 Å². The lowest BCUT2D eigenvalue weighted by molar-refractivity contribution is -0.114. The molecule has 1 heterocycles. The van der Waals surface area contributed by atoms with E-state index in [0.717, 1.165) is 23.1 Å². The summed E-state index contributed by atoms with van der Waals surface area (Å²) in [6, 6.07) is 12.6.